The van der Waals surface area contributed by atoms with Gasteiger partial charge in [0.15, 0.2) is 5.78 Å². The van der Waals surface area contributed by atoms with Gasteiger partial charge in [-0.15, -0.1) is 11.8 Å². The maximum absolute atomic E-state index is 12.4. The van der Waals surface area contributed by atoms with Crippen LogP contribution in [0.3, 0.4) is 0 Å². The van der Waals surface area contributed by atoms with Crippen molar-refractivity contribution < 1.29 is 4.79 Å². The molecule has 0 aliphatic heterocycles. The Hall–Kier alpha value is -1.54. The monoisotopic (exact) mass is 284 g/mol. The number of Topliss-reactive ketones (excluding diaryl/α,β-unsaturated/α-hetero) is 1. The molecule has 0 amide bonds. The van der Waals surface area contributed by atoms with E-state index in [1.807, 2.05) is 30.5 Å². The molecule has 20 heavy (non-hydrogen) atoms. The summed E-state index contributed by atoms with van der Waals surface area (Å²) in [7, 11) is 0. The molecule has 0 fully saturated rings. The summed E-state index contributed by atoms with van der Waals surface area (Å²) in [6.45, 7) is 4.23. The summed E-state index contributed by atoms with van der Waals surface area (Å²) in [5.41, 5.74) is 4.71. The largest absolute Gasteiger partial charge is 0.294 e. The summed E-state index contributed by atoms with van der Waals surface area (Å²) in [5.74, 6) is 0.234. The first-order valence-electron chi connectivity index (χ1n) is 6.84. The molecule has 2 rings (SSSR count). The van der Waals surface area contributed by atoms with Crippen molar-refractivity contribution in [1.29, 1.82) is 0 Å². The van der Waals surface area contributed by atoms with Gasteiger partial charge < -0.3 is 0 Å². The third kappa shape index (κ3) is 3.31. The molecule has 2 heteroatoms. The summed E-state index contributed by atoms with van der Waals surface area (Å²) in [4.78, 5) is 13.5. The highest BCUT2D eigenvalue weighted by molar-refractivity contribution is 7.98. The van der Waals surface area contributed by atoms with Crippen molar-refractivity contribution in [3.8, 4) is 0 Å². The first-order chi connectivity index (χ1) is 9.63. The van der Waals surface area contributed by atoms with Crippen molar-refractivity contribution in [3.05, 3.63) is 64.7 Å². The van der Waals surface area contributed by atoms with Gasteiger partial charge >= 0.3 is 0 Å². The van der Waals surface area contributed by atoms with Gasteiger partial charge in [0.1, 0.15) is 0 Å². The number of thioether (sulfide) groups is 1. The number of carbonyl (C=O) groups is 1. The highest BCUT2D eigenvalue weighted by atomic mass is 32.2. The molecule has 2 aromatic rings. The van der Waals surface area contributed by atoms with Crippen molar-refractivity contribution in [2.24, 2.45) is 0 Å². The summed E-state index contributed by atoms with van der Waals surface area (Å²) in [6.07, 6.45) is 3.40. The minimum absolute atomic E-state index is 0.234. The van der Waals surface area contributed by atoms with E-state index in [9.17, 15) is 4.79 Å². The van der Waals surface area contributed by atoms with Gasteiger partial charge in [0, 0.05) is 16.9 Å². The fourth-order valence-electron chi connectivity index (χ4n) is 2.49. The van der Waals surface area contributed by atoms with E-state index in [2.05, 4.69) is 32.0 Å². The van der Waals surface area contributed by atoms with E-state index in [-0.39, 0.29) is 5.78 Å². The van der Waals surface area contributed by atoms with E-state index >= 15 is 0 Å². The smallest absolute Gasteiger partial charge is 0.164 e. The quantitative estimate of drug-likeness (QED) is 0.577. The fraction of sp³-hybridized carbons (Fsp3) is 0.278. The van der Waals surface area contributed by atoms with Gasteiger partial charge in [0.2, 0.25) is 0 Å². The molecule has 0 saturated heterocycles. The Bertz CT molecular complexity index is 596. The maximum atomic E-state index is 12.4. The predicted molar refractivity (Wildman–Crippen MR) is 86.8 cm³/mol. The van der Waals surface area contributed by atoms with E-state index < -0.39 is 0 Å². The molecule has 2 aromatic carbocycles. The van der Waals surface area contributed by atoms with Crippen LogP contribution in [0.25, 0.3) is 0 Å². The molecule has 0 aliphatic carbocycles. The van der Waals surface area contributed by atoms with E-state index in [0.29, 0.717) is 6.42 Å². The maximum Gasteiger partial charge on any atom is 0.164 e. The Balaban J connectivity index is 2.13. The third-order valence-corrected chi connectivity index (χ3v) is 4.45. The minimum Gasteiger partial charge on any atom is -0.294 e. The topological polar surface area (TPSA) is 17.1 Å². The van der Waals surface area contributed by atoms with Gasteiger partial charge in [-0.3, -0.25) is 4.79 Å². The molecule has 0 heterocycles. The van der Waals surface area contributed by atoms with Crippen molar-refractivity contribution >= 4 is 17.5 Å². The van der Waals surface area contributed by atoms with Crippen molar-refractivity contribution in [2.75, 3.05) is 6.26 Å². The van der Waals surface area contributed by atoms with Gasteiger partial charge in [-0.1, -0.05) is 36.4 Å². The van der Waals surface area contributed by atoms with Crippen LogP contribution in [0.5, 0.6) is 0 Å². The van der Waals surface area contributed by atoms with Crippen LogP contribution < -0.4 is 0 Å². The molecule has 0 radical (unpaired) electrons. The van der Waals surface area contributed by atoms with Gasteiger partial charge in [0.25, 0.3) is 0 Å². The number of ketones is 1. The molecule has 0 aromatic heterocycles. The predicted octanol–water partition coefficient (Wildman–Crippen LogP) is 4.84. The molecular weight excluding hydrogens is 264 g/mol. The van der Waals surface area contributed by atoms with Crippen LogP contribution in [0.15, 0.2) is 47.4 Å². The van der Waals surface area contributed by atoms with E-state index in [1.54, 1.807) is 11.8 Å². The number of rotatable bonds is 5. The van der Waals surface area contributed by atoms with Crippen LogP contribution in [0, 0.1) is 13.8 Å². The van der Waals surface area contributed by atoms with Crippen LogP contribution in [0.1, 0.15) is 33.5 Å². The Morgan fingerprint density at radius 3 is 2.30 bits per heavy atom. The molecule has 0 N–H and O–H groups in total. The zero-order valence-electron chi connectivity index (χ0n) is 12.3. The van der Waals surface area contributed by atoms with Gasteiger partial charge in [-0.05, 0) is 49.3 Å². The highest BCUT2D eigenvalue weighted by Crippen LogP contribution is 2.22. The van der Waals surface area contributed by atoms with Crippen molar-refractivity contribution in [2.45, 2.75) is 31.6 Å². The zero-order valence-corrected chi connectivity index (χ0v) is 13.1. The third-order valence-electron chi connectivity index (χ3n) is 3.65. The Morgan fingerprint density at radius 1 is 1.00 bits per heavy atom. The Kier molecular flexibility index (Phi) is 5.02. The number of hydrogen-bond donors (Lipinski definition) is 0. The van der Waals surface area contributed by atoms with E-state index in [4.69, 9.17) is 0 Å². The number of aryl methyl sites for hydroxylation is 2. The summed E-state index contributed by atoms with van der Waals surface area (Å²) < 4.78 is 0. The second-order valence-electron chi connectivity index (χ2n) is 4.99. The van der Waals surface area contributed by atoms with Crippen LogP contribution in [-0.2, 0) is 6.42 Å². The molecule has 0 bridgehead atoms. The number of benzene rings is 2. The first kappa shape index (κ1) is 14.9. The van der Waals surface area contributed by atoms with Crippen molar-refractivity contribution in [1.82, 2.24) is 0 Å². The summed E-state index contributed by atoms with van der Waals surface area (Å²) in [5, 5.41) is 0. The van der Waals surface area contributed by atoms with Crippen LogP contribution in [0.2, 0.25) is 0 Å². The van der Waals surface area contributed by atoms with Gasteiger partial charge in [-0.25, -0.2) is 0 Å². The molecule has 0 atom stereocenters. The molecule has 104 valence electrons. The lowest BCUT2D eigenvalue weighted by atomic mass is 9.96. The molecule has 0 saturated carbocycles. The summed E-state index contributed by atoms with van der Waals surface area (Å²) >= 11 is 1.63. The van der Waals surface area contributed by atoms with E-state index in [0.717, 1.165) is 16.9 Å². The zero-order chi connectivity index (χ0) is 14.5. The fourth-order valence-corrected chi connectivity index (χ4v) is 3.11. The second-order valence-corrected chi connectivity index (χ2v) is 5.84. The van der Waals surface area contributed by atoms with Crippen LogP contribution in [-0.4, -0.2) is 12.0 Å². The van der Waals surface area contributed by atoms with Crippen LogP contribution >= 0.6 is 11.8 Å². The minimum atomic E-state index is 0.234. The van der Waals surface area contributed by atoms with Gasteiger partial charge in [0.05, 0.1) is 0 Å². The van der Waals surface area contributed by atoms with Crippen molar-refractivity contribution in [3.63, 3.8) is 0 Å². The lowest BCUT2D eigenvalue weighted by molar-refractivity contribution is 0.0980. The second kappa shape index (κ2) is 6.76. The first-order valence-corrected chi connectivity index (χ1v) is 8.07. The Morgan fingerprint density at radius 2 is 1.65 bits per heavy atom. The molecule has 1 nitrogen and oxygen atoms in total. The average molecular weight is 284 g/mol. The van der Waals surface area contributed by atoms with E-state index in [1.165, 1.54) is 16.7 Å². The number of carbonyl (C=O) groups excluding carboxylic acids is 1. The van der Waals surface area contributed by atoms with Crippen LogP contribution in [0.4, 0.5) is 0 Å². The number of hydrogen-bond acceptors (Lipinski definition) is 2. The van der Waals surface area contributed by atoms with Gasteiger partial charge in [-0.2, -0.15) is 0 Å². The standard InChI is InChI=1S/C18H20OS/c1-13-7-6-8-14(2)15(13)11-12-17(19)16-9-4-5-10-18(16)20-3/h4-10H,11-12H2,1-3H3. The SMILES string of the molecule is CSc1ccccc1C(=O)CCc1c(C)cccc1C. The average Bonchev–Trinajstić information content (AvgIpc) is 2.46. The molecular formula is C18H20OS. The Labute approximate surface area is 125 Å². The molecule has 0 aliphatic rings. The summed E-state index contributed by atoms with van der Waals surface area (Å²) in [6, 6.07) is 14.2. The normalized spacial score (nSPS) is 10.6. The molecule has 0 spiro atoms. The highest BCUT2D eigenvalue weighted by Gasteiger charge is 2.11. The lowest BCUT2D eigenvalue weighted by Crippen LogP contribution is -2.04. The lowest BCUT2D eigenvalue weighted by Gasteiger charge is -2.10. The molecule has 0 unspecified atom stereocenters.